The SMILES string of the molecule is N#Cc1ccc2c(-c3ccccc3)cccn12. The predicted octanol–water partition coefficient (Wildman–Crippen LogP) is 3.48. The number of nitriles is 1. The van der Waals surface area contributed by atoms with Gasteiger partial charge < -0.3 is 4.40 Å². The van der Waals surface area contributed by atoms with Crippen molar-refractivity contribution >= 4 is 5.52 Å². The average Bonchev–Trinajstić information content (AvgIpc) is 2.82. The van der Waals surface area contributed by atoms with Crippen molar-refractivity contribution in [2.45, 2.75) is 0 Å². The van der Waals surface area contributed by atoms with Gasteiger partial charge >= 0.3 is 0 Å². The van der Waals surface area contributed by atoms with Gasteiger partial charge in [-0.15, -0.1) is 0 Å². The van der Waals surface area contributed by atoms with Crippen molar-refractivity contribution in [3.63, 3.8) is 0 Å². The summed E-state index contributed by atoms with van der Waals surface area (Å²) in [5.74, 6) is 0. The summed E-state index contributed by atoms with van der Waals surface area (Å²) in [5.41, 5.74) is 4.04. The lowest BCUT2D eigenvalue weighted by Gasteiger charge is -2.05. The molecule has 2 aromatic heterocycles. The van der Waals surface area contributed by atoms with Crippen LogP contribution in [0.2, 0.25) is 0 Å². The third kappa shape index (κ3) is 1.49. The van der Waals surface area contributed by atoms with Gasteiger partial charge in [0.2, 0.25) is 0 Å². The van der Waals surface area contributed by atoms with Crippen LogP contribution in [0.1, 0.15) is 5.69 Å². The van der Waals surface area contributed by atoms with Crippen LogP contribution >= 0.6 is 0 Å². The third-order valence-corrected chi connectivity index (χ3v) is 2.89. The van der Waals surface area contributed by atoms with Gasteiger partial charge in [-0.2, -0.15) is 5.26 Å². The van der Waals surface area contributed by atoms with E-state index in [0.717, 1.165) is 11.1 Å². The minimum atomic E-state index is 0.665. The molecule has 0 N–H and O–H groups in total. The summed E-state index contributed by atoms with van der Waals surface area (Å²) in [6.45, 7) is 0. The average molecular weight is 218 g/mol. The van der Waals surface area contributed by atoms with E-state index in [0.29, 0.717) is 5.69 Å². The quantitative estimate of drug-likeness (QED) is 0.614. The molecule has 0 saturated carbocycles. The smallest absolute Gasteiger partial charge is 0.124 e. The molecule has 2 heteroatoms. The van der Waals surface area contributed by atoms with Gasteiger partial charge in [0.1, 0.15) is 11.8 Å². The fourth-order valence-electron chi connectivity index (χ4n) is 2.09. The van der Waals surface area contributed by atoms with Crippen molar-refractivity contribution in [2.75, 3.05) is 0 Å². The van der Waals surface area contributed by atoms with Crippen molar-refractivity contribution in [3.8, 4) is 17.2 Å². The maximum absolute atomic E-state index is 9.02. The van der Waals surface area contributed by atoms with E-state index in [1.807, 2.05) is 47.0 Å². The van der Waals surface area contributed by atoms with Gasteiger partial charge in [0.15, 0.2) is 0 Å². The van der Waals surface area contributed by atoms with E-state index in [4.69, 9.17) is 5.26 Å². The first-order valence-electron chi connectivity index (χ1n) is 5.46. The summed E-state index contributed by atoms with van der Waals surface area (Å²) in [7, 11) is 0. The molecule has 3 aromatic rings. The minimum absolute atomic E-state index is 0.665. The van der Waals surface area contributed by atoms with E-state index in [2.05, 4.69) is 24.3 Å². The molecule has 0 amide bonds. The Balaban J connectivity index is 2.32. The Bertz CT molecular complexity index is 703. The van der Waals surface area contributed by atoms with Gasteiger partial charge in [0, 0.05) is 11.8 Å². The largest absolute Gasteiger partial charge is 0.308 e. The van der Waals surface area contributed by atoms with Gasteiger partial charge in [0.05, 0.1) is 5.52 Å². The zero-order valence-corrected chi connectivity index (χ0v) is 9.17. The number of rotatable bonds is 1. The molecule has 0 fully saturated rings. The summed E-state index contributed by atoms with van der Waals surface area (Å²) in [6.07, 6.45) is 1.92. The second-order valence-electron chi connectivity index (χ2n) is 3.87. The Kier molecular flexibility index (Phi) is 2.16. The first kappa shape index (κ1) is 9.68. The van der Waals surface area contributed by atoms with Crippen LogP contribution < -0.4 is 0 Å². The molecule has 0 aliphatic heterocycles. The van der Waals surface area contributed by atoms with Crippen LogP contribution in [0.25, 0.3) is 16.6 Å². The molecule has 0 unspecified atom stereocenters. The predicted molar refractivity (Wildman–Crippen MR) is 67.5 cm³/mol. The number of hydrogen-bond acceptors (Lipinski definition) is 1. The minimum Gasteiger partial charge on any atom is -0.308 e. The van der Waals surface area contributed by atoms with E-state index >= 15 is 0 Å². The summed E-state index contributed by atoms with van der Waals surface area (Å²) in [5, 5.41) is 9.02. The van der Waals surface area contributed by atoms with Gasteiger partial charge in [-0.1, -0.05) is 36.4 Å². The monoisotopic (exact) mass is 218 g/mol. The number of fused-ring (bicyclic) bond motifs is 1. The topological polar surface area (TPSA) is 28.2 Å². The molecule has 0 aliphatic carbocycles. The van der Waals surface area contributed by atoms with Crippen molar-refractivity contribution in [1.29, 1.82) is 5.26 Å². The second kappa shape index (κ2) is 3.80. The molecule has 2 heterocycles. The van der Waals surface area contributed by atoms with Gasteiger partial charge in [-0.25, -0.2) is 0 Å². The number of pyridine rings is 1. The number of benzene rings is 1. The Morgan fingerprint density at radius 1 is 0.882 bits per heavy atom. The molecule has 0 bridgehead atoms. The lowest BCUT2D eigenvalue weighted by Crippen LogP contribution is -1.89. The van der Waals surface area contributed by atoms with E-state index in [9.17, 15) is 0 Å². The molecular formula is C15H10N2. The molecule has 17 heavy (non-hydrogen) atoms. The van der Waals surface area contributed by atoms with Crippen LogP contribution in [0.4, 0.5) is 0 Å². The number of aromatic nitrogens is 1. The van der Waals surface area contributed by atoms with Crippen molar-refractivity contribution < 1.29 is 0 Å². The first-order valence-corrected chi connectivity index (χ1v) is 5.46. The van der Waals surface area contributed by atoms with E-state index in [-0.39, 0.29) is 0 Å². The summed E-state index contributed by atoms with van der Waals surface area (Å²) in [4.78, 5) is 0. The van der Waals surface area contributed by atoms with Crippen LogP contribution in [0.15, 0.2) is 60.8 Å². The maximum Gasteiger partial charge on any atom is 0.124 e. The number of nitrogens with zero attached hydrogens (tertiary/aromatic N) is 2. The highest BCUT2D eigenvalue weighted by Crippen LogP contribution is 2.25. The Morgan fingerprint density at radius 3 is 2.47 bits per heavy atom. The summed E-state index contributed by atoms with van der Waals surface area (Å²) < 4.78 is 1.92. The highest BCUT2D eigenvalue weighted by molar-refractivity contribution is 5.81. The summed E-state index contributed by atoms with van der Waals surface area (Å²) >= 11 is 0. The van der Waals surface area contributed by atoms with Crippen LogP contribution in [0.5, 0.6) is 0 Å². The molecule has 0 saturated heterocycles. The van der Waals surface area contributed by atoms with E-state index in [1.54, 1.807) is 0 Å². The maximum atomic E-state index is 9.02. The molecule has 3 rings (SSSR count). The Labute approximate surface area is 99.4 Å². The lowest BCUT2D eigenvalue weighted by molar-refractivity contribution is 1.16. The van der Waals surface area contributed by atoms with Crippen LogP contribution in [0, 0.1) is 11.3 Å². The molecule has 0 aliphatic rings. The first-order chi connectivity index (χ1) is 8.40. The molecule has 2 nitrogen and oxygen atoms in total. The van der Waals surface area contributed by atoms with Crippen molar-refractivity contribution in [2.24, 2.45) is 0 Å². The van der Waals surface area contributed by atoms with Gasteiger partial charge in [0.25, 0.3) is 0 Å². The fourth-order valence-corrected chi connectivity index (χ4v) is 2.09. The zero-order chi connectivity index (χ0) is 11.7. The highest BCUT2D eigenvalue weighted by Gasteiger charge is 2.06. The van der Waals surface area contributed by atoms with Crippen LogP contribution in [-0.4, -0.2) is 4.40 Å². The number of hydrogen-bond donors (Lipinski definition) is 0. The third-order valence-electron chi connectivity index (χ3n) is 2.89. The van der Waals surface area contributed by atoms with Gasteiger partial charge in [-0.3, -0.25) is 0 Å². The molecular weight excluding hydrogens is 208 g/mol. The van der Waals surface area contributed by atoms with Crippen molar-refractivity contribution in [3.05, 3.63) is 66.5 Å². The Hall–Kier alpha value is -2.53. The van der Waals surface area contributed by atoms with Crippen molar-refractivity contribution in [1.82, 2.24) is 4.40 Å². The van der Waals surface area contributed by atoms with E-state index < -0.39 is 0 Å². The van der Waals surface area contributed by atoms with Crippen LogP contribution in [0.3, 0.4) is 0 Å². The molecule has 0 atom stereocenters. The molecule has 0 radical (unpaired) electrons. The fraction of sp³-hybridized carbons (Fsp3) is 0. The zero-order valence-electron chi connectivity index (χ0n) is 9.17. The summed E-state index contributed by atoms with van der Waals surface area (Å²) in [6, 6.07) is 20.3. The Morgan fingerprint density at radius 2 is 1.71 bits per heavy atom. The standard InChI is InChI=1S/C15H10N2/c16-11-13-8-9-15-14(7-4-10-17(13)15)12-5-2-1-3-6-12/h1-10H. The molecule has 0 spiro atoms. The second-order valence-corrected chi connectivity index (χ2v) is 3.87. The van der Waals surface area contributed by atoms with Crippen LogP contribution in [-0.2, 0) is 0 Å². The molecule has 1 aromatic carbocycles. The normalized spacial score (nSPS) is 10.3. The van der Waals surface area contributed by atoms with Gasteiger partial charge in [-0.05, 0) is 23.8 Å². The lowest BCUT2D eigenvalue weighted by atomic mass is 10.1. The highest BCUT2D eigenvalue weighted by atomic mass is 14.9. The van der Waals surface area contributed by atoms with E-state index in [1.165, 1.54) is 5.56 Å². The molecule has 80 valence electrons.